The molecule has 0 saturated carbocycles. The van der Waals surface area contributed by atoms with Gasteiger partial charge in [-0.25, -0.2) is 9.37 Å². The van der Waals surface area contributed by atoms with E-state index in [-0.39, 0.29) is 5.82 Å². The molecule has 5 nitrogen and oxygen atoms in total. The molecule has 0 aliphatic carbocycles. The molecule has 1 aromatic carbocycles. The topological polar surface area (TPSA) is 52.6 Å². The van der Waals surface area contributed by atoms with Gasteiger partial charge in [0.25, 0.3) is 0 Å². The quantitative estimate of drug-likeness (QED) is 0.887. The van der Waals surface area contributed by atoms with Crippen LogP contribution < -0.4 is 19.5 Å². The van der Waals surface area contributed by atoms with E-state index >= 15 is 0 Å². The Morgan fingerprint density at radius 3 is 2.29 bits per heavy atom. The van der Waals surface area contributed by atoms with Crippen LogP contribution >= 0.6 is 0 Å². The number of nitrogens with one attached hydrogen (secondary N) is 1. The molecule has 0 unspecified atom stereocenters. The fourth-order valence-electron chi connectivity index (χ4n) is 1.94. The number of rotatable bonds is 6. The minimum absolute atomic E-state index is 0.178. The second-order valence-corrected chi connectivity index (χ2v) is 4.20. The maximum atomic E-state index is 13.6. The number of anilines is 1. The molecule has 0 spiro atoms. The third-order valence-corrected chi connectivity index (χ3v) is 3.01. The van der Waals surface area contributed by atoms with Crippen LogP contribution in [0.5, 0.6) is 17.2 Å². The zero-order valence-electron chi connectivity index (χ0n) is 12.1. The van der Waals surface area contributed by atoms with Gasteiger partial charge in [-0.05, 0) is 12.1 Å². The SMILES string of the molecule is COc1cc(OC)c(CNc2ncccc2F)c(OC)c1. The van der Waals surface area contributed by atoms with Crippen molar-refractivity contribution >= 4 is 5.82 Å². The maximum absolute atomic E-state index is 13.6. The molecule has 0 aliphatic heterocycles. The van der Waals surface area contributed by atoms with Gasteiger partial charge in [-0.3, -0.25) is 0 Å². The average Bonchev–Trinajstić information content (AvgIpc) is 2.53. The minimum atomic E-state index is -0.413. The Labute approximate surface area is 122 Å². The first-order chi connectivity index (χ1) is 10.2. The zero-order chi connectivity index (χ0) is 15.2. The van der Waals surface area contributed by atoms with Crippen molar-refractivity contribution in [2.45, 2.75) is 6.54 Å². The molecule has 0 amide bonds. The highest BCUT2D eigenvalue weighted by molar-refractivity contribution is 5.52. The molecule has 1 aromatic heterocycles. The second-order valence-electron chi connectivity index (χ2n) is 4.20. The molecule has 21 heavy (non-hydrogen) atoms. The van der Waals surface area contributed by atoms with Crippen LogP contribution in [-0.4, -0.2) is 26.3 Å². The van der Waals surface area contributed by atoms with Crippen molar-refractivity contribution in [2.24, 2.45) is 0 Å². The van der Waals surface area contributed by atoms with Gasteiger partial charge in [-0.2, -0.15) is 0 Å². The van der Waals surface area contributed by atoms with Crippen LogP contribution in [0.15, 0.2) is 30.5 Å². The molecule has 2 rings (SSSR count). The fraction of sp³-hybridized carbons (Fsp3) is 0.267. The standard InChI is InChI=1S/C15H17FN2O3/c1-19-10-7-13(20-2)11(14(8-10)21-3)9-18-15-12(16)5-4-6-17-15/h4-8H,9H2,1-3H3,(H,17,18). The van der Waals surface area contributed by atoms with E-state index in [1.807, 2.05) is 0 Å². The van der Waals surface area contributed by atoms with Crippen molar-refractivity contribution in [3.63, 3.8) is 0 Å². The van der Waals surface area contributed by atoms with Crippen molar-refractivity contribution in [3.05, 3.63) is 41.8 Å². The number of methoxy groups -OCH3 is 3. The van der Waals surface area contributed by atoms with E-state index in [1.165, 1.54) is 18.3 Å². The van der Waals surface area contributed by atoms with Crippen molar-refractivity contribution < 1.29 is 18.6 Å². The summed E-state index contributed by atoms with van der Waals surface area (Å²) in [5.74, 6) is 1.57. The lowest BCUT2D eigenvalue weighted by Crippen LogP contribution is -2.07. The molecule has 0 bridgehead atoms. The number of aromatic nitrogens is 1. The Kier molecular flexibility index (Phi) is 4.81. The van der Waals surface area contributed by atoms with Gasteiger partial charge in [0.05, 0.1) is 26.9 Å². The number of halogens is 1. The van der Waals surface area contributed by atoms with Crippen molar-refractivity contribution in [2.75, 3.05) is 26.6 Å². The van der Waals surface area contributed by atoms with Gasteiger partial charge in [-0.1, -0.05) is 0 Å². The Hall–Kier alpha value is -2.50. The molecule has 112 valence electrons. The molecule has 0 radical (unpaired) electrons. The lowest BCUT2D eigenvalue weighted by molar-refractivity contribution is 0.369. The number of benzene rings is 1. The third kappa shape index (κ3) is 3.34. The number of hydrogen-bond acceptors (Lipinski definition) is 5. The summed E-state index contributed by atoms with van der Waals surface area (Å²) in [5.41, 5.74) is 0.755. The van der Waals surface area contributed by atoms with E-state index in [0.717, 1.165) is 5.56 Å². The highest BCUT2D eigenvalue weighted by Crippen LogP contribution is 2.34. The van der Waals surface area contributed by atoms with Crippen LogP contribution in [0.4, 0.5) is 10.2 Å². The average molecular weight is 292 g/mol. The Balaban J connectivity index is 2.28. The summed E-state index contributed by atoms with van der Waals surface area (Å²) in [7, 11) is 4.67. The zero-order valence-corrected chi connectivity index (χ0v) is 12.1. The summed E-state index contributed by atoms with van der Waals surface area (Å²) < 4.78 is 29.4. The van der Waals surface area contributed by atoms with Crippen molar-refractivity contribution in [1.82, 2.24) is 4.98 Å². The van der Waals surface area contributed by atoms with Gasteiger partial charge in [0, 0.05) is 24.9 Å². The smallest absolute Gasteiger partial charge is 0.165 e. The van der Waals surface area contributed by atoms with Gasteiger partial charge in [0.1, 0.15) is 17.2 Å². The molecule has 1 heterocycles. The molecule has 0 saturated heterocycles. The van der Waals surface area contributed by atoms with E-state index in [2.05, 4.69) is 10.3 Å². The molecular formula is C15H17FN2O3. The normalized spacial score (nSPS) is 10.1. The first kappa shape index (κ1) is 14.9. The maximum Gasteiger partial charge on any atom is 0.165 e. The Morgan fingerprint density at radius 2 is 1.76 bits per heavy atom. The first-order valence-electron chi connectivity index (χ1n) is 6.33. The number of pyridine rings is 1. The van der Waals surface area contributed by atoms with Crippen LogP contribution in [0.1, 0.15) is 5.56 Å². The van der Waals surface area contributed by atoms with E-state index in [1.54, 1.807) is 33.5 Å². The van der Waals surface area contributed by atoms with Gasteiger partial charge in [-0.15, -0.1) is 0 Å². The molecular weight excluding hydrogens is 275 g/mol. The summed E-state index contributed by atoms with van der Waals surface area (Å²) in [6.07, 6.45) is 1.52. The van der Waals surface area contributed by atoms with Crippen molar-refractivity contribution in [3.8, 4) is 17.2 Å². The monoisotopic (exact) mass is 292 g/mol. The summed E-state index contributed by atoms with van der Waals surface area (Å²) in [5, 5.41) is 2.93. The van der Waals surface area contributed by atoms with E-state index in [9.17, 15) is 4.39 Å². The molecule has 0 atom stereocenters. The summed E-state index contributed by atoms with van der Waals surface area (Å²) in [6.45, 7) is 0.310. The molecule has 6 heteroatoms. The Bertz CT molecular complexity index is 595. The van der Waals surface area contributed by atoms with Gasteiger partial charge in [0.15, 0.2) is 11.6 Å². The lowest BCUT2D eigenvalue weighted by Gasteiger charge is -2.16. The summed E-state index contributed by atoms with van der Waals surface area (Å²) >= 11 is 0. The lowest BCUT2D eigenvalue weighted by atomic mass is 10.1. The Morgan fingerprint density at radius 1 is 1.10 bits per heavy atom. The van der Waals surface area contributed by atoms with Crippen LogP contribution in [-0.2, 0) is 6.54 Å². The number of hydrogen-bond donors (Lipinski definition) is 1. The summed E-state index contributed by atoms with van der Waals surface area (Å²) in [4.78, 5) is 3.95. The highest BCUT2D eigenvalue weighted by Gasteiger charge is 2.14. The molecule has 1 N–H and O–H groups in total. The van der Waals surface area contributed by atoms with Gasteiger partial charge < -0.3 is 19.5 Å². The van der Waals surface area contributed by atoms with Gasteiger partial charge >= 0.3 is 0 Å². The molecule has 0 aliphatic rings. The largest absolute Gasteiger partial charge is 0.496 e. The van der Waals surface area contributed by atoms with Gasteiger partial charge in [0.2, 0.25) is 0 Å². The second kappa shape index (κ2) is 6.78. The van der Waals surface area contributed by atoms with Crippen LogP contribution in [0.25, 0.3) is 0 Å². The van der Waals surface area contributed by atoms with Crippen LogP contribution in [0, 0.1) is 5.82 Å². The highest BCUT2D eigenvalue weighted by atomic mass is 19.1. The number of ether oxygens (including phenoxy) is 3. The first-order valence-corrected chi connectivity index (χ1v) is 6.33. The van der Waals surface area contributed by atoms with Crippen LogP contribution in [0.2, 0.25) is 0 Å². The third-order valence-electron chi connectivity index (χ3n) is 3.01. The van der Waals surface area contributed by atoms with Crippen LogP contribution in [0.3, 0.4) is 0 Å². The van der Waals surface area contributed by atoms with E-state index in [0.29, 0.717) is 23.8 Å². The molecule has 0 fully saturated rings. The summed E-state index contributed by atoms with van der Waals surface area (Å²) in [6, 6.07) is 6.37. The van der Waals surface area contributed by atoms with E-state index in [4.69, 9.17) is 14.2 Å². The van der Waals surface area contributed by atoms with Crippen molar-refractivity contribution in [1.29, 1.82) is 0 Å². The van der Waals surface area contributed by atoms with E-state index < -0.39 is 5.82 Å². The minimum Gasteiger partial charge on any atom is -0.496 e. The number of nitrogens with zero attached hydrogens (tertiary/aromatic N) is 1. The fourth-order valence-corrected chi connectivity index (χ4v) is 1.94. The predicted molar refractivity (Wildman–Crippen MR) is 77.6 cm³/mol. The molecule has 2 aromatic rings. The predicted octanol–water partition coefficient (Wildman–Crippen LogP) is 2.86.